The molecule has 1 aliphatic carbocycles. The van der Waals surface area contributed by atoms with Crippen molar-refractivity contribution in [2.24, 2.45) is 0 Å². The standard InChI is InChI=1S/C35H47N5O6S/c1-38(2)47(43,44)37-34(41)24-13-15-30-31(20-24)40-21-26(36-35(42)39(3)22-28-12-8-9-17-46-28)18-25-19-27(45-4)14-16-29(25)33(40)32(30)23-10-6-5-7-11-23/h13-16,19-20,23,26,28H,5-12,17-18,21-22H2,1-4H3,(H,36,42)(H,37,41). The molecule has 2 N–H and O–H groups in total. The number of fused-ring (bicyclic) bond motifs is 5. The van der Waals surface area contributed by atoms with Crippen molar-refractivity contribution < 1.29 is 27.5 Å². The van der Waals surface area contributed by atoms with Gasteiger partial charge in [-0.3, -0.25) is 4.79 Å². The van der Waals surface area contributed by atoms with Gasteiger partial charge >= 0.3 is 16.2 Å². The van der Waals surface area contributed by atoms with Gasteiger partial charge in [0.15, 0.2) is 0 Å². The third-order valence-electron chi connectivity index (χ3n) is 9.94. The molecule has 2 fully saturated rings. The minimum atomic E-state index is -3.97. The Labute approximate surface area is 277 Å². The van der Waals surface area contributed by atoms with Crippen LogP contribution in [0.1, 0.15) is 78.8 Å². The number of ether oxygens (including phenoxy) is 2. The quantitative estimate of drug-likeness (QED) is 0.348. The van der Waals surface area contributed by atoms with Crippen molar-refractivity contribution in [3.8, 4) is 17.0 Å². The number of carbonyl (C=O) groups excluding carboxylic acids is 2. The molecular weight excluding hydrogens is 618 g/mol. The van der Waals surface area contributed by atoms with Gasteiger partial charge < -0.3 is 24.3 Å². The zero-order valence-electron chi connectivity index (χ0n) is 27.9. The van der Waals surface area contributed by atoms with E-state index in [4.69, 9.17) is 9.47 Å². The summed E-state index contributed by atoms with van der Waals surface area (Å²) in [5.41, 5.74) is 5.64. The minimum Gasteiger partial charge on any atom is -0.497 e. The fraction of sp³-hybridized carbons (Fsp3) is 0.543. The first-order valence-corrected chi connectivity index (χ1v) is 18.2. The molecule has 3 heterocycles. The van der Waals surface area contributed by atoms with E-state index in [0.29, 0.717) is 25.4 Å². The number of nitrogens with one attached hydrogen (secondary N) is 2. The van der Waals surface area contributed by atoms with E-state index in [1.54, 1.807) is 24.1 Å². The summed E-state index contributed by atoms with van der Waals surface area (Å²) in [6, 6.07) is 11.2. The van der Waals surface area contributed by atoms with Crippen molar-refractivity contribution in [1.82, 2.24) is 23.8 Å². The predicted molar refractivity (Wildman–Crippen MR) is 182 cm³/mol. The molecule has 6 rings (SSSR count). The molecular formula is C35H47N5O6S. The molecule has 2 unspecified atom stereocenters. The van der Waals surface area contributed by atoms with E-state index in [2.05, 4.69) is 26.7 Å². The Morgan fingerprint density at radius 3 is 2.47 bits per heavy atom. The Morgan fingerprint density at radius 2 is 1.77 bits per heavy atom. The molecule has 3 amide bonds. The number of rotatable bonds is 8. The maximum Gasteiger partial charge on any atom is 0.317 e. The third-order valence-corrected chi connectivity index (χ3v) is 11.3. The maximum absolute atomic E-state index is 13.6. The van der Waals surface area contributed by atoms with Crippen LogP contribution >= 0.6 is 0 Å². The Balaban J connectivity index is 1.44. The van der Waals surface area contributed by atoms with Gasteiger partial charge in [-0.05, 0) is 85.9 Å². The van der Waals surface area contributed by atoms with Gasteiger partial charge in [0, 0.05) is 62.9 Å². The van der Waals surface area contributed by atoms with E-state index < -0.39 is 16.1 Å². The highest BCUT2D eigenvalue weighted by Crippen LogP contribution is 2.46. The van der Waals surface area contributed by atoms with E-state index in [1.165, 1.54) is 26.1 Å². The number of aromatic nitrogens is 1. The first kappa shape index (κ1) is 33.3. The Kier molecular flexibility index (Phi) is 9.82. The summed E-state index contributed by atoms with van der Waals surface area (Å²) in [7, 11) is 2.26. The highest BCUT2D eigenvalue weighted by atomic mass is 32.2. The summed E-state index contributed by atoms with van der Waals surface area (Å²) in [4.78, 5) is 28.6. The zero-order chi connectivity index (χ0) is 33.3. The zero-order valence-corrected chi connectivity index (χ0v) is 28.7. The maximum atomic E-state index is 13.6. The number of benzene rings is 2. The predicted octanol–water partition coefficient (Wildman–Crippen LogP) is 5.04. The lowest BCUT2D eigenvalue weighted by Gasteiger charge is -2.29. The van der Waals surface area contributed by atoms with Crippen LogP contribution in [0.2, 0.25) is 0 Å². The molecule has 47 heavy (non-hydrogen) atoms. The number of amides is 3. The number of likely N-dealkylation sites (N-methyl/N-ethyl adjacent to an activating group) is 1. The normalized spacial score (nSPS) is 20.3. The van der Waals surface area contributed by atoms with Crippen LogP contribution in [0.4, 0.5) is 4.79 Å². The lowest BCUT2D eigenvalue weighted by atomic mass is 9.81. The number of urea groups is 1. The van der Waals surface area contributed by atoms with Crippen LogP contribution < -0.4 is 14.8 Å². The van der Waals surface area contributed by atoms with Crippen molar-refractivity contribution >= 4 is 33.1 Å². The highest BCUT2D eigenvalue weighted by Gasteiger charge is 2.33. The summed E-state index contributed by atoms with van der Waals surface area (Å²) in [6.45, 7) is 1.74. The second kappa shape index (κ2) is 13.9. The molecule has 0 radical (unpaired) electrons. The topological polar surface area (TPSA) is 122 Å². The molecule has 11 nitrogen and oxygen atoms in total. The summed E-state index contributed by atoms with van der Waals surface area (Å²) in [6.07, 6.45) is 9.44. The molecule has 254 valence electrons. The van der Waals surface area contributed by atoms with Crippen molar-refractivity contribution in [3.05, 3.63) is 53.1 Å². The number of nitrogens with zero attached hydrogens (tertiary/aromatic N) is 3. The molecule has 3 aliphatic rings. The SMILES string of the molecule is COc1ccc2c(c1)CC(NC(=O)N(C)CC1CCCCO1)Cn1c-2c(C2CCCCC2)c2ccc(C(=O)NS(=O)(=O)N(C)C)cc21. The summed E-state index contributed by atoms with van der Waals surface area (Å²) in [5.74, 6) is 0.412. The fourth-order valence-corrected chi connectivity index (χ4v) is 7.97. The van der Waals surface area contributed by atoms with Gasteiger partial charge in [-0.25, -0.2) is 9.52 Å². The van der Waals surface area contributed by atoms with Crippen LogP contribution in [0, 0.1) is 0 Å². The van der Waals surface area contributed by atoms with E-state index in [-0.39, 0.29) is 23.7 Å². The van der Waals surface area contributed by atoms with Crippen LogP contribution in [0.3, 0.4) is 0 Å². The first-order chi connectivity index (χ1) is 22.6. The molecule has 1 saturated carbocycles. The summed E-state index contributed by atoms with van der Waals surface area (Å²) in [5, 5.41) is 4.36. The second-order valence-electron chi connectivity index (χ2n) is 13.4. The monoisotopic (exact) mass is 665 g/mol. The molecule has 12 heteroatoms. The number of hydrogen-bond acceptors (Lipinski definition) is 6. The van der Waals surface area contributed by atoms with E-state index >= 15 is 0 Å². The van der Waals surface area contributed by atoms with Gasteiger partial charge in [0.25, 0.3) is 5.91 Å². The second-order valence-corrected chi connectivity index (χ2v) is 15.3. The van der Waals surface area contributed by atoms with Crippen molar-refractivity contribution in [1.29, 1.82) is 0 Å². The molecule has 3 aromatic rings. The molecule has 0 bridgehead atoms. The largest absolute Gasteiger partial charge is 0.497 e. The summed E-state index contributed by atoms with van der Waals surface area (Å²) >= 11 is 0. The Morgan fingerprint density at radius 1 is 1.00 bits per heavy atom. The van der Waals surface area contributed by atoms with Crippen LogP contribution in [-0.4, -0.2) is 87.7 Å². The van der Waals surface area contributed by atoms with Crippen molar-refractivity contribution in [2.75, 3.05) is 41.4 Å². The Bertz CT molecular complexity index is 1740. The first-order valence-electron chi connectivity index (χ1n) is 16.8. The van der Waals surface area contributed by atoms with Gasteiger partial charge in [-0.1, -0.05) is 25.3 Å². The van der Waals surface area contributed by atoms with Crippen molar-refractivity contribution in [3.63, 3.8) is 0 Å². The minimum absolute atomic E-state index is 0.0394. The number of hydrogen-bond donors (Lipinski definition) is 2. The van der Waals surface area contributed by atoms with Crippen LogP contribution in [0.5, 0.6) is 5.75 Å². The van der Waals surface area contributed by atoms with E-state index in [9.17, 15) is 18.0 Å². The van der Waals surface area contributed by atoms with E-state index in [1.807, 2.05) is 19.2 Å². The highest BCUT2D eigenvalue weighted by molar-refractivity contribution is 7.87. The van der Waals surface area contributed by atoms with Gasteiger partial charge in [0.2, 0.25) is 0 Å². The van der Waals surface area contributed by atoms with Gasteiger partial charge in [-0.15, -0.1) is 0 Å². The van der Waals surface area contributed by atoms with Crippen LogP contribution in [0.25, 0.3) is 22.2 Å². The molecule has 1 aromatic heterocycles. The summed E-state index contributed by atoms with van der Waals surface area (Å²) < 4.78 is 41.9. The van der Waals surface area contributed by atoms with Gasteiger partial charge in [0.1, 0.15) is 5.75 Å². The van der Waals surface area contributed by atoms with Gasteiger partial charge in [-0.2, -0.15) is 12.7 Å². The average molecular weight is 666 g/mol. The number of carbonyl (C=O) groups is 2. The van der Waals surface area contributed by atoms with E-state index in [0.717, 1.165) is 89.3 Å². The molecule has 1 saturated heterocycles. The Hall–Kier alpha value is -3.61. The molecule has 2 atom stereocenters. The smallest absolute Gasteiger partial charge is 0.317 e. The lowest BCUT2D eigenvalue weighted by Crippen LogP contribution is -2.48. The number of methoxy groups -OCH3 is 1. The molecule has 2 aliphatic heterocycles. The van der Waals surface area contributed by atoms with Crippen LogP contribution in [-0.2, 0) is 27.9 Å². The van der Waals surface area contributed by atoms with Gasteiger partial charge in [0.05, 0.1) is 24.9 Å². The van der Waals surface area contributed by atoms with Crippen molar-refractivity contribution in [2.45, 2.75) is 82.4 Å². The van der Waals surface area contributed by atoms with Crippen LogP contribution in [0.15, 0.2) is 36.4 Å². The lowest BCUT2D eigenvalue weighted by molar-refractivity contribution is 0.00369. The molecule has 0 spiro atoms. The molecule has 2 aromatic carbocycles. The average Bonchev–Trinajstić information content (AvgIpc) is 3.28. The third kappa shape index (κ3) is 7.00. The fourth-order valence-electron chi connectivity index (χ4n) is 7.44.